The first-order valence-electron chi connectivity index (χ1n) is 9.54. The zero-order valence-electron chi connectivity index (χ0n) is 15.7. The van der Waals surface area contributed by atoms with E-state index >= 15 is 0 Å². The van der Waals surface area contributed by atoms with Gasteiger partial charge >= 0.3 is 0 Å². The van der Waals surface area contributed by atoms with E-state index in [0.717, 1.165) is 34.6 Å². The molecule has 4 aromatic rings. The molecule has 0 bridgehead atoms. The molecule has 0 radical (unpaired) electrons. The first kappa shape index (κ1) is 17.8. The Balaban J connectivity index is 1.44. The Hall–Kier alpha value is -3.32. The van der Waals surface area contributed by atoms with E-state index in [2.05, 4.69) is 14.9 Å². The van der Waals surface area contributed by atoms with Crippen molar-refractivity contribution in [3.8, 4) is 10.6 Å². The summed E-state index contributed by atoms with van der Waals surface area (Å²) >= 11 is 1.63. The number of piperazine rings is 1. The number of amides is 1. The SMILES string of the molecule is O=C(c1cc(-c2cccs2)nc2ccccc12)N1CCN(c2ncccn2)CC1. The van der Waals surface area contributed by atoms with E-state index < -0.39 is 0 Å². The van der Waals surface area contributed by atoms with Crippen LogP contribution >= 0.6 is 11.3 Å². The van der Waals surface area contributed by atoms with Crippen LogP contribution in [0.25, 0.3) is 21.5 Å². The summed E-state index contributed by atoms with van der Waals surface area (Å²) in [6.45, 7) is 2.72. The van der Waals surface area contributed by atoms with Crippen LogP contribution in [0, 0.1) is 0 Å². The number of aromatic nitrogens is 3. The topological polar surface area (TPSA) is 62.2 Å². The summed E-state index contributed by atoms with van der Waals surface area (Å²) in [5.41, 5.74) is 2.40. The number of rotatable bonds is 3. The molecule has 0 atom stereocenters. The van der Waals surface area contributed by atoms with Gasteiger partial charge in [-0.15, -0.1) is 11.3 Å². The molecule has 4 heterocycles. The van der Waals surface area contributed by atoms with Crippen LogP contribution < -0.4 is 4.90 Å². The molecule has 1 saturated heterocycles. The summed E-state index contributed by atoms with van der Waals surface area (Å²) in [5, 5.41) is 2.92. The van der Waals surface area contributed by atoms with Crippen LogP contribution in [0.3, 0.4) is 0 Å². The summed E-state index contributed by atoms with van der Waals surface area (Å²) in [6, 6.07) is 15.6. The average molecular weight is 401 g/mol. The number of thiophene rings is 1. The fourth-order valence-electron chi connectivity index (χ4n) is 3.64. The lowest BCUT2D eigenvalue weighted by molar-refractivity contribution is 0.0748. The third-order valence-electron chi connectivity index (χ3n) is 5.12. The number of carbonyl (C=O) groups excluding carboxylic acids is 1. The molecule has 0 unspecified atom stereocenters. The molecule has 1 aliphatic rings. The fourth-order valence-corrected chi connectivity index (χ4v) is 4.32. The minimum atomic E-state index is 0.0510. The number of benzene rings is 1. The number of hydrogen-bond donors (Lipinski definition) is 0. The van der Waals surface area contributed by atoms with Crippen molar-refractivity contribution in [2.45, 2.75) is 0 Å². The van der Waals surface area contributed by atoms with Crippen molar-refractivity contribution in [3.63, 3.8) is 0 Å². The van der Waals surface area contributed by atoms with Crippen molar-refractivity contribution in [1.29, 1.82) is 0 Å². The Bertz CT molecular complexity index is 1140. The monoisotopic (exact) mass is 401 g/mol. The van der Waals surface area contributed by atoms with Crippen molar-refractivity contribution in [1.82, 2.24) is 19.9 Å². The number of hydrogen-bond acceptors (Lipinski definition) is 6. The van der Waals surface area contributed by atoms with Crippen molar-refractivity contribution < 1.29 is 4.79 Å². The number of para-hydroxylation sites is 1. The highest BCUT2D eigenvalue weighted by molar-refractivity contribution is 7.13. The smallest absolute Gasteiger partial charge is 0.254 e. The van der Waals surface area contributed by atoms with Crippen LogP contribution in [0.15, 0.2) is 66.3 Å². The van der Waals surface area contributed by atoms with Crippen LogP contribution in [0.2, 0.25) is 0 Å². The van der Waals surface area contributed by atoms with Gasteiger partial charge in [-0.1, -0.05) is 24.3 Å². The second kappa shape index (κ2) is 7.60. The first-order valence-corrected chi connectivity index (χ1v) is 10.4. The lowest BCUT2D eigenvalue weighted by Gasteiger charge is -2.34. The molecule has 6 nitrogen and oxygen atoms in total. The summed E-state index contributed by atoms with van der Waals surface area (Å²) < 4.78 is 0. The summed E-state index contributed by atoms with van der Waals surface area (Å²) in [7, 11) is 0. The Morgan fingerprint density at radius 3 is 2.48 bits per heavy atom. The molecular formula is C22H19N5OS. The second-order valence-electron chi connectivity index (χ2n) is 6.88. The van der Waals surface area contributed by atoms with Gasteiger partial charge in [-0.05, 0) is 29.6 Å². The predicted octanol–water partition coefficient (Wildman–Crippen LogP) is 3.72. The van der Waals surface area contributed by atoms with E-state index in [1.165, 1.54) is 0 Å². The van der Waals surface area contributed by atoms with Gasteiger partial charge in [0.2, 0.25) is 5.95 Å². The quantitative estimate of drug-likeness (QED) is 0.524. The van der Waals surface area contributed by atoms with Gasteiger partial charge in [0.05, 0.1) is 21.7 Å². The van der Waals surface area contributed by atoms with Gasteiger partial charge in [0, 0.05) is 44.0 Å². The number of nitrogens with zero attached hydrogens (tertiary/aromatic N) is 5. The van der Waals surface area contributed by atoms with Gasteiger partial charge in [0.15, 0.2) is 0 Å². The largest absolute Gasteiger partial charge is 0.337 e. The highest BCUT2D eigenvalue weighted by Crippen LogP contribution is 2.28. The second-order valence-corrected chi connectivity index (χ2v) is 7.83. The minimum Gasteiger partial charge on any atom is -0.337 e. The maximum Gasteiger partial charge on any atom is 0.254 e. The molecule has 29 heavy (non-hydrogen) atoms. The van der Waals surface area contributed by atoms with Crippen molar-refractivity contribution >= 4 is 34.1 Å². The van der Waals surface area contributed by atoms with E-state index in [9.17, 15) is 4.79 Å². The third kappa shape index (κ3) is 3.45. The van der Waals surface area contributed by atoms with E-state index in [4.69, 9.17) is 4.98 Å². The zero-order valence-corrected chi connectivity index (χ0v) is 16.5. The Morgan fingerprint density at radius 2 is 1.72 bits per heavy atom. The van der Waals surface area contributed by atoms with Crippen LogP contribution in [0.5, 0.6) is 0 Å². The summed E-state index contributed by atoms with van der Waals surface area (Å²) in [4.78, 5) is 31.9. The van der Waals surface area contributed by atoms with Gasteiger partial charge in [-0.25, -0.2) is 15.0 Å². The summed E-state index contributed by atoms with van der Waals surface area (Å²) in [5.74, 6) is 0.768. The van der Waals surface area contributed by atoms with E-state index in [1.807, 2.05) is 58.8 Å². The molecule has 7 heteroatoms. The van der Waals surface area contributed by atoms with Gasteiger partial charge in [0.25, 0.3) is 5.91 Å². The third-order valence-corrected chi connectivity index (χ3v) is 6.01. The highest BCUT2D eigenvalue weighted by atomic mass is 32.1. The van der Waals surface area contributed by atoms with Crippen molar-refractivity contribution in [2.24, 2.45) is 0 Å². The van der Waals surface area contributed by atoms with Crippen molar-refractivity contribution in [3.05, 3.63) is 71.9 Å². The molecule has 0 N–H and O–H groups in total. The molecule has 1 aliphatic heterocycles. The average Bonchev–Trinajstić information content (AvgIpc) is 3.34. The zero-order chi connectivity index (χ0) is 19.6. The first-order chi connectivity index (χ1) is 14.3. The molecule has 1 fully saturated rings. The maximum absolute atomic E-state index is 13.4. The summed E-state index contributed by atoms with van der Waals surface area (Å²) in [6.07, 6.45) is 3.49. The molecule has 1 aromatic carbocycles. The standard InChI is InChI=1S/C22H19N5OS/c28-21(26-10-12-27(13-11-26)22-23-8-4-9-24-22)17-15-19(20-7-3-14-29-20)25-18-6-2-1-5-16(17)18/h1-9,14-15H,10-13H2. The van der Waals surface area contributed by atoms with E-state index in [0.29, 0.717) is 24.6 Å². The molecule has 0 spiro atoms. The van der Waals surface area contributed by atoms with Crippen LogP contribution in [-0.2, 0) is 0 Å². The molecule has 0 saturated carbocycles. The fraction of sp³-hybridized carbons (Fsp3) is 0.182. The number of anilines is 1. The van der Waals surface area contributed by atoms with Gasteiger partial charge in [0.1, 0.15) is 0 Å². The molecule has 3 aromatic heterocycles. The van der Waals surface area contributed by atoms with Crippen molar-refractivity contribution in [2.75, 3.05) is 31.1 Å². The van der Waals surface area contributed by atoms with E-state index in [-0.39, 0.29) is 5.91 Å². The van der Waals surface area contributed by atoms with E-state index in [1.54, 1.807) is 23.7 Å². The molecule has 5 rings (SSSR count). The maximum atomic E-state index is 13.4. The number of fused-ring (bicyclic) bond motifs is 1. The molecular weight excluding hydrogens is 382 g/mol. The Morgan fingerprint density at radius 1 is 0.931 bits per heavy atom. The molecule has 1 amide bonds. The normalized spacial score (nSPS) is 14.3. The van der Waals surface area contributed by atoms with Gasteiger partial charge in [-0.3, -0.25) is 4.79 Å². The number of pyridine rings is 1. The Kier molecular flexibility index (Phi) is 4.65. The lowest BCUT2D eigenvalue weighted by atomic mass is 10.1. The minimum absolute atomic E-state index is 0.0510. The highest BCUT2D eigenvalue weighted by Gasteiger charge is 2.25. The van der Waals surface area contributed by atoms with Crippen LogP contribution in [0.4, 0.5) is 5.95 Å². The van der Waals surface area contributed by atoms with Gasteiger partial charge < -0.3 is 9.80 Å². The molecule has 144 valence electrons. The number of carbonyl (C=O) groups is 1. The van der Waals surface area contributed by atoms with Gasteiger partial charge in [-0.2, -0.15) is 0 Å². The Labute approximate surface area is 172 Å². The van der Waals surface area contributed by atoms with Crippen LogP contribution in [-0.4, -0.2) is 51.9 Å². The predicted molar refractivity (Wildman–Crippen MR) is 115 cm³/mol. The molecule has 0 aliphatic carbocycles. The van der Waals surface area contributed by atoms with Crippen LogP contribution in [0.1, 0.15) is 10.4 Å². The lowest BCUT2D eigenvalue weighted by Crippen LogP contribution is -2.49.